The van der Waals surface area contributed by atoms with Crippen molar-refractivity contribution in [3.05, 3.63) is 74.2 Å². The molecule has 1 saturated heterocycles. The maximum absolute atomic E-state index is 13.0. The first-order valence-corrected chi connectivity index (χ1v) is 11.5. The number of Topliss-reactive ketones (excluding diaryl/α,β-unsaturated/α-hetero) is 1. The fraction of sp³-hybridized carbons (Fsp3) is 0.304. The number of hydrogen-bond donors (Lipinski definition) is 1. The fourth-order valence-corrected chi connectivity index (χ4v) is 4.18. The number of likely N-dealkylation sites (tertiary alicyclic amines) is 1. The van der Waals surface area contributed by atoms with Crippen LogP contribution in [0.3, 0.4) is 0 Å². The number of hydrogen-bond acceptors (Lipinski definition) is 4. The minimum atomic E-state index is -0.650. The summed E-state index contributed by atoms with van der Waals surface area (Å²) < 4.78 is 1.77. The Labute approximate surface area is 193 Å². The maximum Gasteiger partial charge on any atom is 0.295 e. The lowest BCUT2D eigenvalue weighted by molar-refractivity contribution is -0.140. The van der Waals surface area contributed by atoms with Crippen LogP contribution in [0, 0.1) is 0 Å². The van der Waals surface area contributed by atoms with E-state index < -0.39 is 17.7 Å². The van der Waals surface area contributed by atoms with Gasteiger partial charge >= 0.3 is 0 Å². The number of carbonyl (C=O) groups excluding carboxylic acids is 2. The smallest absolute Gasteiger partial charge is 0.295 e. The van der Waals surface area contributed by atoms with E-state index in [0.29, 0.717) is 18.7 Å². The standard InChI is InChI=1S/C23H24Br2N2O3/c1-3-26(4-2)13-14-27-20(15-5-9-17(24)10-6-15)19(22(29)23(27)30)21(28)16-7-11-18(25)12-8-16/h5-12,20,28H,3-4,13-14H2,1-2H3/t20-/m1/s1. The molecule has 1 amide bonds. The summed E-state index contributed by atoms with van der Waals surface area (Å²) in [5.41, 5.74) is 1.42. The molecule has 1 N–H and O–H groups in total. The Balaban J connectivity index is 2.08. The summed E-state index contributed by atoms with van der Waals surface area (Å²) in [6.07, 6.45) is 0. The van der Waals surface area contributed by atoms with Gasteiger partial charge in [-0.1, -0.05) is 70.0 Å². The van der Waals surface area contributed by atoms with E-state index in [1.807, 2.05) is 24.3 Å². The van der Waals surface area contributed by atoms with Gasteiger partial charge in [0, 0.05) is 27.6 Å². The van der Waals surface area contributed by atoms with Gasteiger partial charge in [0.1, 0.15) is 5.76 Å². The van der Waals surface area contributed by atoms with Gasteiger partial charge in [-0.2, -0.15) is 0 Å². The Morgan fingerprint density at radius 3 is 2.03 bits per heavy atom. The first-order valence-electron chi connectivity index (χ1n) is 9.89. The summed E-state index contributed by atoms with van der Waals surface area (Å²) in [6.45, 7) is 6.93. The molecule has 0 spiro atoms. The van der Waals surface area contributed by atoms with Crippen LogP contribution in [0.15, 0.2) is 63.0 Å². The third kappa shape index (κ3) is 4.68. The van der Waals surface area contributed by atoms with E-state index in [-0.39, 0.29) is 11.3 Å². The normalized spacial score (nSPS) is 18.4. The molecule has 0 saturated carbocycles. The molecule has 0 radical (unpaired) electrons. The van der Waals surface area contributed by atoms with Crippen molar-refractivity contribution >= 4 is 49.3 Å². The van der Waals surface area contributed by atoms with E-state index >= 15 is 0 Å². The molecule has 2 aromatic carbocycles. The highest BCUT2D eigenvalue weighted by atomic mass is 79.9. The minimum Gasteiger partial charge on any atom is -0.507 e. The van der Waals surface area contributed by atoms with Gasteiger partial charge in [0.15, 0.2) is 0 Å². The summed E-state index contributed by atoms with van der Waals surface area (Å²) >= 11 is 6.80. The largest absolute Gasteiger partial charge is 0.507 e. The van der Waals surface area contributed by atoms with Crippen molar-refractivity contribution < 1.29 is 14.7 Å². The van der Waals surface area contributed by atoms with Crippen LogP contribution in [-0.4, -0.2) is 52.8 Å². The lowest BCUT2D eigenvalue weighted by Crippen LogP contribution is -2.38. The molecule has 1 fully saturated rings. The number of halogens is 2. The van der Waals surface area contributed by atoms with Gasteiger partial charge in [-0.05, 0) is 42.9 Å². The predicted octanol–water partition coefficient (Wildman–Crippen LogP) is 4.98. The Morgan fingerprint density at radius 2 is 1.50 bits per heavy atom. The van der Waals surface area contributed by atoms with Crippen molar-refractivity contribution in [2.45, 2.75) is 19.9 Å². The number of aliphatic hydroxyl groups is 1. The summed E-state index contributed by atoms with van der Waals surface area (Å²) in [4.78, 5) is 29.7. The summed E-state index contributed by atoms with van der Waals surface area (Å²) in [5.74, 6) is -1.38. The Morgan fingerprint density at radius 1 is 0.967 bits per heavy atom. The summed E-state index contributed by atoms with van der Waals surface area (Å²) in [7, 11) is 0. The van der Waals surface area contributed by atoms with Crippen molar-refractivity contribution in [2.24, 2.45) is 0 Å². The molecule has 1 aliphatic rings. The highest BCUT2D eigenvalue weighted by Crippen LogP contribution is 2.39. The van der Waals surface area contributed by atoms with Gasteiger partial charge in [0.2, 0.25) is 0 Å². The van der Waals surface area contributed by atoms with Crippen molar-refractivity contribution in [3.8, 4) is 0 Å². The molecule has 0 aliphatic carbocycles. The number of nitrogens with zero attached hydrogens (tertiary/aromatic N) is 2. The zero-order chi connectivity index (χ0) is 21.8. The van der Waals surface area contributed by atoms with Crippen molar-refractivity contribution in [1.29, 1.82) is 0 Å². The number of benzene rings is 2. The van der Waals surface area contributed by atoms with Gasteiger partial charge in [-0.25, -0.2) is 0 Å². The van der Waals surface area contributed by atoms with Crippen LogP contribution in [-0.2, 0) is 9.59 Å². The van der Waals surface area contributed by atoms with Crippen LogP contribution in [0.2, 0.25) is 0 Å². The Bertz CT molecular complexity index is 951. The first kappa shape index (κ1) is 22.7. The lowest BCUT2D eigenvalue weighted by atomic mass is 9.95. The Kier molecular flexibility index (Phi) is 7.50. The lowest BCUT2D eigenvalue weighted by Gasteiger charge is -2.28. The molecule has 30 heavy (non-hydrogen) atoms. The minimum absolute atomic E-state index is 0.129. The molecule has 7 heteroatoms. The molecule has 0 unspecified atom stereocenters. The second kappa shape index (κ2) is 9.90. The van der Waals surface area contributed by atoms with Crippen LogP contribution in [0.1, 0.15) is 31.0 Å². The second-order valence-electron chi connectivity index (χ2n) is 7.08. The number of ketones is 1. The van der Waals surface area contributed by atoms with Gasteiger partial charge < -0.3 is 14.9 Å². The van der Waals surface area contributed by atoms with Crippen molar-refractivity contribution in [3.63, 3.8) is 0 Å². The Hall–Kier alpha value is -1.96. The molecule has 1 atom stereocenters. The van der Waals surface area contributed by atoms with E-state index in [0.717, 1.165) is 27.6 Å². The van der Waals surface area contributed by atoms with E-state index in [2.05, 4.69) is 50.6 Å². The van der Waals surface area contributed by atoms with Gasteiger partial charge in [-0.3, -0.25) is 9.59 Å². The zero-order valence-corrected chi connectivity index (χ0v) is 20.1. The maximum atomic E-state index is 13.0. The quantitative estimate of drug-likeness (QED) is 0.309. The van der Waals surface area contributed by atoms with Gasteiger partial charge in [0.05, 0.1) is 11.6 Å². The molecule has 0 bridgehead atoms. The summed E-state index contributed by atoms with van der Waals surface area (Å²) in [5, 5.41) is 11.0. The van der Waals surface area contributed by atoms with E-state index in [1.54, 1.807) is 29.2 Å². The van der Waals surface area contributed by atoms with Gasteiger partial charge in [0.25, 0.3) is 11.7 Å². The highest BCUT2D eigenvalue weighted by Gasteiger charge is 2.45. The molecule has 0 aromatic heterocycles. The fourth-order valence-electron chi connectivity index (χ4n) is 3.65. The third-order valence-corrected chi connectivity index (χ3v) is 6.45. The van der Waals surface area contributed by atoms with Crippen LogP contribution < -0.4 is 0 Å². The first-order chi connectivity index (χ1) is 14.4. The zero-order valence-electron chi connectivity index (χ0n) is 16.9. The number of amides is 1. The number of rotatable bonds is 7. The molecule has 1 aliphatic heterocycles. The monoisotopic (exact) mass is 534 g/mol. The molecular weight excluding hydrogens is 512 g/mol. The number of carbonyl (C=O) groups is 2. The number of likely N-dealkylation sites (N-methyl/N-ethyl adjacent to an activating group) is 1. The molecule has 158 valence electrons. The molecule has 3 rings (SSSR count). The van der Waals surface area contributed by atoms with Crippen LogP contribution in [0.4, 0.5) is 0 Å². The highest BCUT2D eigenvalue weighted by molar-refractivity contribution is 9.10. The third-order valence-electron chi connectivity index (χ3n) is 5.39. The average Bonchev–Trinajstić information content (AvgIpc) is 3.00. The predicted molar refractivity (Wildman–Crippen MR) is 125 cm³/mol. The molecule has 2 aromatic rings. The molecule has 1 heterocycles. The van der Waals surface area contributed by atoms with E-state index in [1.165, 1.54) is 0 Å². The van der Waals surface area contributed by atoms with Crippen LogP contribution in [0.25, 0.3) is 5.76 Å². The van der Waals surface area contributed by atoms with Crippen LogP contribution in [0.5, 0.6) is 0 Å². The van der Waals surface area contributed by atoms with Crippen LogP contribution >= 0.6 is 31.9 Å². The number of aliphatic hydroxyl groups excluding tert-OH is 1. The van der Waals surface area contributed by atoms with Crippen molar-refractivity contribution in [1.82, 2.24) is 9.80 Å². The second-order valence-corrected chi connectivity index (χ2v) is 8.91. The van der Waals surface area contributed by atoms with E-state index in [4.69, 9.17) is 0 Å². The van der Waals surface area contributed by atoms with Crippen molar-refractivity contribution in [2.75, 3.05) is 26.2 Å². The topological polar surface area (TPSA) is 60.9 Å². The van der Waals surface area contributed by atoms with Gasteiger partial charge in [-0.15, -0.1) is 0 Å². The molecule has 5 nitrogen and oxygen atoms in total. The van der Waals surface area contributed by atoms with E-state index in [9.17, 15) is 14.7 Å². The summed E-state index contributed by atoms with van der Waals surface area (Å²) in [6, 6.07) is 13.9. The average molecular weight is 536 g/mol. The SMILES string of the molecule is CCN(CC)CCN1C(=O)C(=O)C(=C(O)c2ccc(Br)cc2)[C@H]1c1ccc(Br)cc1. The molecular formula is C23H24Br2N2O3.